The molecule has 0 spiro atoms. The van der Waals surface area contributed by atoms with Gasteiger partial charge in [0.1, 0.15) is 0 Å². The van der Waals surface area contributed by atoms with Crippen molar-refractivity contribution >= 4 is 22.9 Å². The Kier molecular flexibility index (Phi) is 4.50. The van der Waals surface area contributed by atoms with E-state index in [0.29, 0.717) is 4.31 Å². The van der Waals surface area contributed by atoms with Gasteiger partial charge in [0.15, 0.2) is 0 Å². The molecule has 6 nitrogen and oxygen atoms in total. The second-order valence-electron chi connectivity index (χ2n) is 4.76. The lowest BCUT2D eigenvalue weighted by molar-refractivity contribution is -0.119. The normalized spacial score (nSPS) is 17.2. The Bertz CT molecular complexity index is 422. The average Bonchev–Trinajstić information content (AvgIpc) is 1.98. The Labute approximate surface area is 96.1 Å². The number of hydrogen-bond donors (Lipinski definition) is 1. The van der Waals surface area contributed by atoms with Crippen LogP contribution in [-0.2, 0) is 19.4 Å². The standard InChI is InChI=1S/C8H18NO5PS/c1-8(2,3)7(10)15(11,12)6-9(4)16(5,13)14/h6H2,1-5H3,(H,11,12). The van der Waals surface area contributed by atoms with Gasteiger partial charge in [-0.05, 0) is 0 Å². The zero-order valence-electron chi connectivity index (χ0n) is 10.1. The molecule has 8 heteroatoms. The van der Waals surface area contributed by atoms with E-state index in [1.54, 1.807) is 0 Å². The smallest absolute Gasteiger partial charge is 0.279 e. The van der Waals surface area contributed by atoms with Crippen LogP contribution in [-0.4, -0.2) is 42.7 Å². The molecule has 0 aromatic rings. The Hall–Kier alpha value is -0.230. The molecule has 16 heavy (non-hydrogen) atoms. The first kappa shape index (κ1) is 15.8. The minimum atomic E-state index is -4.15. The zero-order chi connectivity index (χ0) is 13.4. The van der Waals surface area contributed by atoms with Crippen molar-refractivity contribution in [3.8, 4) is 0 Å². The minimum absolute atomic E-state index is 0.679. The highest BCUT2D eigenvalue weighted by Crippen LogP contribution is 2.48. The van der Waals surface area contributed by atoms with Crippen molar-refractivity contribution in [3.05, 3.63) is 0 Å². The molecule has 0 saturated carbocycles. The molecular weight excluding hydrogens is 253 g/mol. The van der Waals surface area contributed by atoms with Gasteiger partial charge in [-0.1, -0.05) is 20.8 Å². The number of carbonyl (C=O) groups excluding carboxylic acids is 1. The maximum Gasteiger partial charge on any atom is 0.279 e. The summed E-state index contributed by atoms with van der Waals surface area (Å²) in [4.78, 5) is 21.2. The predicted octanol–water partition coefficient (Wildman–Crippen LogP) is 0.678. The molecule has 0 bridgehead atoms. The summed E-state index contributed by atoms with van der Waals surface area (Å²) < 4.78 is 34.6. The first-order valence-electron chi connectivity index (χ1n) is 4.56. The van der Waals surface area contributed by atoms with Crippen LogP contribution in [0.1, 0.15) is 20.8 Å². The summed E-state index contributed by atoms with van der Waals surface area (Å²) in [6.07, 6.45) is 0.233. The molecule has 1 unspecified atom stereocenters. The zero-order valence-corrected chi connectivity index (χ0v) is 11.8. The molecule has 0 aromatic carbocycles. The summed E-state index contributed by atoms with van der Waals surface area (Å²) in [5.41, 5.74) is -1.79. The molecule has 0 aromatic heterocycles. The molecule has 1 N–H and O–H groups in total. The maximum atomic E-state index is 11.7. The van der Waals surface area contributed by atoms with E-state index in [-0.39, 0.29) is 0 Å². The summed E-state index contributed by atoms with van der Waals surface area (Å²) in [6, 6.07) is 0. The monoisotopic (exact) mass is 271 g/mol. The third kappa shape index (κ3) is 4.33. The topological polar surface area (TPSA) is 91.8 Å². The molecule has 96 valence electrons. The molecule has 0 amide bonds. The highest BCUT2D eigenvalue weighted by Gasteiger charge is 2.39. The van der Waals surface area contributed by atoms with Gasteiger partial charge in [0.2, 0.25) is 15.5 Å². The van der Waals surface area contributed by atoms with Crippen LogP contribution in [0.4, 0.5) is 0 Å². The van der Waals surface area contributed by atoms with E-state index in [1.165, 1.54) is 20.8 Å². The van der Waals surface area contributed by atoms with Gasteiger partial charge in [-0.2, -0.15) is 4.31 Å². The Morgan fingerprint density at radius 3 is 2.00 bits per heavy atom. The fourth-order valence-electron chi connectivity index (χ4n) is 0.963. The van der Waals surface area contributed by atoms with E-state index >= 15 is 0 Å². The lowest BCUT2D eigenvalue weighted by Crippen LogP contribution is -2.30. The van der Waals surface area contributed by atoms with Crippen molar-refractivity contribution < 1.29 is 22.7 Å². The summed E-state index contributed by atoms with van der Waals surface area (Å²) in [7, 11) is -6.56. The number of hydrogen-bond acceptors (Lipinski definition) is 4. The third-order valence-electron chi connectivity index (χ3n) is 1.92. The molecule has 0 aliphatic rings. The van der Waals surface area contributed by atoms with E-state index in [1.807, 2.05) is 0 Å². The number of sulfonamides is 1. The van der Waals surface area contributed by atoms with Crippen LogP contribution in [0.25, 0.3) is 0 Å². The van der Waals surface area contributed by atoms with Gasteiger partial charge in [0.05, 0.1) is 12.5 Å². The van der Waals surface area contributed by atoms with Gasteiger partial charge in [0, 0.05) is 12.5 Å². The molecule has 0 rings (SSSR count). The van der Waals surface area contributed by atoms with Crippen molar-refractivity contribution in [1.29, 1.82) is 0 Å². The Morgan fingerprint density at radius 2 is 1.75 bits per heavy atom. The van der Waals surface area contributed by atoms with E-state index < -0.39 is 34.6 Å². The van der Waals surface area contributed by atoms with Crippen molar-refractivity contribution in [2.45, 2.75) is 20.8 Å². The van der Waals surface area contributed by atoms with E-state index in [9.17, 15) is 22.7 Å². The van der Waals surface area contributed by atoms with Crippen LogP contribution in [0.2, 0.25) is 0 Å². The lowest BCUT2D eigenvalue weighted by Gasteiger charge is -2.23. The largest absolute Gasteiger partial charge is 0.338 e. The van der Waals surface area contributed by atoms with Crippen LogP contribution in [0, 0.1) is 5.41 Å². The number of rotatable bonds is 4. The quantitative estimate of drug-likeness (QED) is 0.759. The van der Waals surface area contributed by atoms with Gasteiger partial charge in [0.25, 0.3) is 7.37 Å². The van der Waals surface area contributed by atoms with Gasteiger partial charge in [-0.25, -0.2) is 8.42 Å². The van der Waals surface area contributed by atoms with Gasteiger partial charge >= 0.3 is 0 Å². The van der Waals surface area contributed by atoms with E-state index in [4.69, 9.17) is 0 Å². The second kappa shape index (κ2) is 4.56. The maximum absolute atomic E-state index is 11.7. The minimum Gasteiger partial charge on any atom is -0.338 e. The number of nitrogens with zero attached hydrogens (tertiary/aromatic N) is 1. The Morgan fingerprint density at radius 1 is 1.38 bits per heavy atom. The van der Waals surface area contributed by atoms with Gasteiger partial charge in [-0.3, -0.25) is 9.36 Å². The molecular formula is C8H18NO5PS. The average molecular weight is 271 g/mol. The second-order valence-corrected chi connectivity index (χ2v) is 8.94. The fourth-order valence-corrected chi connectivity index (χ4v) is 3.99. The van der Waals surface area contributed by atoms with E-state index in [0.717, 1.165) is 13.3 Å². The first-order chi connectivity index (χ1) is 6.78. The van der Waals surface area contributed by atoms with Gasteiger partial charge < -0.3 is 4.89 Å². The summed E-state index contributed by atoms with van der Waals surface area (Å²) >= 11 is 0. The molecule has 1 atom stereocenters. The van der Waals surface area contributed by atoms with Crippen LogP contribution in [0.5, 0.6) is 0 Å². The van der Waals surface area contributed by atoms with Crippen molar-refractivity contribution in [2.75, 3.05) is 19.6 Å². The van der Waals surface area contributed by atoms with Crippen molar-refractivity contribution in [1.82, 2.24) is 4.31 Å². The Balaban J connectivity index is 5.00. The summed E-state index contributed by atoms with van der Waals surface area (Å²) in [5, 5.41) is 0. The van der Waals surface area contributed by atoms with Crippen LogP contribution < -0.4 is 0 Å². The summed E-state index contributed by atoms with van der Waals surface area (Å²) in [6.45, 7) is 4.54. The summed E-state index contributed by atoms with van der Waals surface area (Å²) in [5.74, 6) is 0. The molecule has 0 radical (unpaired) electrons. The molecule has 0 aliphatic carbocycles. The molecule has 0 aliphatic heterocycles. The lowest BCUT2D eigenvalue weighted by atomic mass is 9.99. The van der Waals surface area contributed by atoms with Crippen molar-refractivity contribution in [2.24, 2.45) is 5.41 Å². The van der Waals surface area contributed by atoms with Crippen LogP contribution >= 0.6 is 7.37 Å². The first-order valence-corrected chi connectivity index (χ1v) is 8.26. The molecule has 0 heterocycles. The highest BCUT2D eigenvalue weighted by molar-refractivity contribution is 7.89. The van der Waals surface area contributed by atoms with Crippen molar-refractivity contribution in [3.63, 3.8) is 0 Å². The molecule has 0 saturated heterocycles. The third-order valence-corrected chi connectivity index (χ3v) is 5.48. The highest BCUT2D eigenvalue weighted by atomic mass is 32.2. The molecule has 0 fully saturated rings. The van der Waals surface area contributed by atoms with Crippen LogP contribution in [0.3, 0.4) is 0 Å². The fraction of sp³-hybridized carbons (Fsp3) is 0.875. The predicted molar refractivity (Wildman–Crippen MR) is 61.8 cm³/mol. The SMILES string of the molecule is CN(CP(=O)(O)C(=O)C(C)(C)C)S(C)(=O)=O. The van der Waals surface area contributed by atoms with Gasteiger partial charge in [-0.15, -0.1) is 0 Å². The number of carbonyl (C=O) groups is 1. The van der Waals surface area contributed by atoms with E-state index in [2.05, 4.69) is 0 Å². The van der Waals surface area contributed by atoms with Crippen LogP contribution in [0.15, 0.2) is 0 Å².